The third-order valence-corrected chi connectivity index (χ3v) is 5.41. The quantitative estimate of drug-likeness (QED) is 0.384. The van der Waals surface area contributed by atoms with Gasteiger partial charge in [-0.1, -0.05) is 19.4 Å². The van der Waals surface area contributed by atoms with Gasteiger partial charge in [0.05, 0.1) is 18.9 Å². The standard InChI is InChI=1S/C25H28N4O3/c1-3-5-14-32-23-15-19(9-10-20(23)25(30)31-4-2)29-13-11-21-18(17-29)16-27-24(28-21)22-8-6-7-12-26-22/h6-10,12,15-16H,3-5,11,13-14,17H2,1-2H3. The average Bonchev–Trinajstić information content (AvgIpc) is 2.84. The molecule has 1 aliphatic rings. The molecule has 0 bridgehead atoms. The number of hydrogen-bond donors (Lipinski definition) is 0. The molecule has 7 heteroatoms. The summed E-state index contributed by atoms with van der Waals surface area (Å²) < 4.78 is 11.2. The summed E-state index contributed by atoms with van der Waals surface area (Å²) in [6.07, 6.45) is 6.41. The van der Waals surface area contributed by atoms with Crippen LogP contribution in [0.3, 0.4) is 0 Å². The van der Waals surface area contributed by atoms with Crippen molar-refractivity contribution >= 4 is 11.7 Å². The lowest BCUT2D eigenvalue weighted by Crippen LogP contribution is -2.31. The predicted octanol–water partition coefficient (Wildman–Crippen LogP) is 4.46. The van der Waals surface area contributed by atoms with Gasteiger partial charge in [0.25, 0.3) is 0 Å². The fraction of sp³-hybridized carbons (Fsp3) is 0.360. The van der Waals surface area contributed by atoms with E-state index in [0.29, 0.717) is 36.9 Å². The molecule has 1 aliphatic heterocycles. The molecule has 0 saturated heterocycles. The molecule has 7 nitrogen and oxygen atoms in total. The minimum atomic E-state index is -0.356. The first-order valence-electron chi connectivity index (χ1n) is 11.1. The van der Waals surface area contributed by atoms with Crippen LogP contribution in [0.25, 0.3) is 11.5 Å². The van der Waals surface area contributed by atoms with E-state index >= 15 is 0 Å². The van der Waals surface area contributed by atoms with Gasteiger partial charge >= 0.3 is 5.97 Å². The Hall–Kier alpha value is -3.48. The molecule has 0 saturated carbocycles. The molecule has 4 rings (SSSR count). The van der Waals surface area contributed by atoms with Gasteiger partial charge in [0, 0.05) is 49.2 Å². The number of fused-ring (bicyclic) bond motifs is 1. The molecule has 0 spiro atoms. The van der Waals surface area contributed by atoms with Gasteiger partial charge in [-0.3, -0.25) is 4.98 Å². The highest BCUT2D eigenvalue weighted by atomic mass is 16.5. The monoisotopic (exact) mass is 432 g/mol. The fourth-order valence-corrected chi connectivity index (χ4v) is 3.69. The lowest BCUT2D eigenvalue weighted by Gasteiger charge is -2.30. The van der Waals surface area contributed by atoms with Gasteiger partial charge in [0.1, 0.15) is 17.0 Å². The number of anilines is 1. The Morgan fingerprint density at radius 3 is 2.84 bits per heavy atom. The second kappa shape index (κ2) is 10.2. The lowest BCUT2D eigenvalue weighted by atomic mass is 10.1. The van der Waals surface area contributed by atoms with Crippen molar-refractivity contribution in [2.45, 2.75) is 39.7 Å². The molecule has 0 N–H and O–H groups in total. The number of aromatic nitrogens is 3. The number of pyridine rings is 1. The molecule has 0 fully saturated rings. The highest BCUT2D eigenvalue weighted by molar-refractivity contribution is 5.93. The molecule has 1 aromatic carbocycles. The van der Waals surface area contributed by atoms with Crippen molar-refractivity contribution in [2.24, 2.45) is 0 Å². The van der Waals surface area contributed by atoms with E-state index < -0.39 is 0 Å². The maximum atomic E-state index is 12.4. The van der Waals surface area contributed by atoms with E-state index in [0.717, 1.165) is 48.4 Å². The van der Waals surface area contributed by atoms with Gasteiger partial charge in [0.15, 0.2) is 5.82 Å². The smallest absolute Gasteiger partial charge is 0.341 e. The Balaban J connectivity index is 1.55. The Kier molecular flexibility index (Phi) is 6.94. The summed E-state index contributed by atoms with van der Waals surface area (Å²) in [5, 5.41) is 0. The minimum absolute atomic E-state index is 0.332. The number of nitrogens with zero attached hydrogens (tertiary/aromatic N) is 4. The van der Waals surface area contributed by atoms with E-state index in [9.17, 15) is 4.79 Å². The van der Waals surface area contributed by atoms with Gasteiger partial charge in [-0.25, -0.2) is 14.8 Å². The summed E-state index contributed by atoms with van der Waals surface area (Å²) in [6, 6.07) is 11.4. The average molecular weight is 433 g/mol. The van der Waals surface area contributed by atoms with Crippen molar-refractivity contribution in [3.05, 3.63) is 65.6 Å². The zero-order valence-electron chi connectivity index (χ0n) is 18.6. The summed E-state index contributed by atoms with van der Waals surface area (Å²) >= 11 is 0. The number of benzene rings is 1. The molecule has 0 radical (unpaired) electrons. The van der Waals surface area contributed by atoms with Crippen LogP contribution in [-0.2, 0) is 17.7 Å². The van der Waals surface area contributed by atoms with Crippen LogP contribution < -0.4 is 9.64 Å². The normalized spacial score (nSPS) is 12.9. The highest BCUT2D eigenvalue weighted by Gasteiger charge is 2.22. The highest BCUT2D eigenvalue weighted by Crippen LogP contribution is 2.30. The number of ether oxygens (including phenoxy) is 2. The van der Waals surface area contributed by atoms with Crippen molar-refractivity contribution in [1.29, 1.82) is 0 Å². The minimum Gasteiger partial charge on any atom is -0.493 e. The maximum Gasteiger partial charge on any atom is 0.341 e. The summed E-state index contributed by atoms with van der Waals surface area (Å²) in [4.78, 5) is 28.2. The number of carbonyl (C=O) groups excluding carboxylic acids is 1. The molecule has 3 aromatic rings. The van der Waals surface area contributed by atoms with Crippen molar-refractivity contribution in [1.82, 2.24) is 15.0 Å². The summed E-state index contributed by atoms with van der Waals surface area (Å²) in [7, 11) is 0. The lowest BCUT2D eigenvalue weighted by molar-refractivity contribution is 0.0521. The van der Waals surface area contributed by atoms with Crippen LogP contribution >= 0.6 is 0 Å². The Morgan fingerprint density at radius 2 is 2.06 bits per heavy atom. The SMILES string of the molecule is CCCCOc1cc(N2CCc3nc(-c4ccccn4)ncc3C2)ccc1C(=O)OCC. The molecule has 3 heterocycles. The van der Waals surface area contributed by atoms with Crippen LogP contribution in [0.15, 0.2) is 48.8 Å². The third kappa shape index (κ3) is 4.88. The summed E-state index contributed by atoms with van der Waals surface area (Å²) in [5.74, 6) is 0.870. The van der Waals surface area contributed by atoms with Crippen LogP contribution in [0.5, 0.6) is 5.75 Å². The van der Waals surface area contributed by atoms with Crippen molar-refractivity contribution in [3.63, 3.8) is 0 Å². The van der Waals surface area contributed by atoms with E-state index in [4.69, 9.17) is 14.5 Å². The van der Waals surface area contributed by atoms with Crippen LogP contribution in [0, 0.1) is 0 Å². The molecule has 0 atom stereocenters. The molecule has 0 aliphatic carbocycles. The molecule has 0 amide bonds. The number of rotatable bonds is 8. The maximum absolute atomic E-state index is 12.4. The van der Waals surface area contributed by atoms with Crippen molar-refractivity contribution < 1.29 is 14.3 Å². The van der Waals surface area contributed by atoms with Gasteiger partial charge in [-0.2, -0.15) is 0 Å². The largest absolute Gasteiger partial charge is 0.493 e. The second-order valence-corrected chi connectivity index (χ2v) is 7.66. The van der Waals surface area contributed by atoms with Crippen LogP contribution in [0.1, 0.15) is 48.3 Å². The van der Waals surface area contributed by atoms with E-state index in [1.807, 2.05) is 36.5 Å². The number of esters is 1. The van der Waals surface area contributed by atoms with Crippen molar-refractivity contribution in [2.75, 3.05) is 24.7 Å². The first kappa shape index (κ1) is 21.7. The van der Waals surface area contributed by atoms with Crippen LogP contribution in [-0.4, -0.2) is 40.7 Å². The van der Waals surface area contributed by atoms with Gasteiger partial charge in [-0.05, 0) is 37.6 Å². The first-order valence-corrected chi connectivity index (χ1v) is 11.1. The van der Waals surface area contributed by atoms with Crippen LogP contribution in [0.4, 0.5) is 5.69 Å². The number of unbranched alkanes of at least 4 members (excludes halogenated alkanes) is 1. The molecular weight excluding hydrogens is 404 g/mol. The van der Waals surface area contributed by atoms with E-state index in [1.54, 1.807) is 19.2 Å². The number of carbonyl (C=O) groups is 1. The van der Waals surface area contributed by atoms with Gasteiger partial charge in [-0.15, -0.1) is 0 Å². The van der Waals surface area contributed by atoms with Gasteiger partial charge in [0.2, 0.25) is 0 Å². The Labute approximate surface area is 188 Å². The van der Waals surface area contributed by atoms with E-state index in [-0.39, 0.29) is 5.97 Å². The second-order valence-electron chi connectivity index (χ2n) is 7.66. The molecule has 2 aromatic heterocycles. The summed E-state index contributed by atoms with van der Waals surface area (Å²) in [5.41, 5.74) is 4.40. The molecule has 0 unspecified atom stereocenters. The zero-order valence-corrected chi connectivity index (χ0v) is 18.6. The van der Waals surface area contributed by atoms with Crippen LogP contribution in [0.2, 0.25) is 0 Å². The number of hydrogen-bond acceptors (Lipinski definition) is 7. The topological polar surface area (TPSA) is 77.4 Å². The Bertz CT molecular complexity index is 1070. The molecular formula is C25H28N4O3. The van der Waals surface area contributed by atoms with E-state index in [2.05, 4.69) is 21.8 Å². The fourth-order valence-electron chi connectivity index (χ4n) is 3.69. The molecule has 32 heavy (non-hydrogen) atoms. The molecule has 166 valence electrons. The van der Waals surface area contributed by atoms with E-state index in [1.165, 1.54) is 0 Å². The van der Waals surface area contributed by atoms with Gasteiger partial charge < -0.3 is 14.4 Å². The first-order chi connectivity index (χ1) is 15.7. The predicted molar refractivity (Wildman–Crippen MR) is 123 cm³/mol. The third-order valence-electron chi connectivity index (χ3n) is 5.41. The summed E-state index contributed by atoms with van der Waals surface area (Å²) in [6.45, 7) is 6.33. The van der Waals surface area contributed by atoms with Crippen molar-refractivity contribution in [3.8, 4) is 17.3 Å². The Morgan fingerprint density at radius 1 is 1.16 bits per heavy atom. The zero-order chi connectivity index (χ0) is 22.3.